The molecule has 0 spiro atoms. The molecule has 0 amide bonds. The topological polar surface area (TPSA) is 9.23 Å². The molecule has 0 bridgehead atoms. The number of methoxy groups -OCH3 is 1. The maximum Gasteiger partial charge on any atom is 0.137 e. The predicted octanol–water partition coefficient (Wildman–Crippen LogP) is 5.73. The third-order valence-electron chi connectivity index (χ3n) is 2.65. The summed E-state index contributed by atoms with van der Waals surface area (Å²) in [5.41, 5.74) is 1.75. The molecule has 0 aliphatic rings. The molecule has 0 N–H and O–H groups in total. The third kappa shape index (κ3) is 3.50. The second kappa shape index (κ2) is 6.25. The van der Waals surface area contributed by atoms with Gasteiger partial charge in [-0.2, -0.15) is 0 Å². The molecule has 100 valence electrons. The van der Waals surface area contributed by atoms with Crippen LogP contribution in [-0.2, 0) is 0 Å². The number of alkyl halides is 1. The van der Waals surface area contributed by atoms with E-state index in [0.717, 1.165) is 11.1 Å². The lowest BCUT2D eigenvalue weighted by molar-refractivity contribution is 0.415. The van der Waals surface area contributed by atoms with Gasteiger partial charge in [0.05, 0.1) is 17.0 Å². The molecule has 1 unspecified atom stereocenters. The van der Waals surface area contributed by atoms with E-state index in [2.05, 4.69) is 31.9 Å². The van der Waals surface area contributed by atoms with Crippen LogP contribution in [0.15, 0.2) is 40.9 Å². The molecule has 0 radical (unpaired) electrons. The van der Waals surface area contributed by atoms with E-state index in [1.54, 1.807) is 19.2 Å². The highest BCUT2D eigenvalue weighted by atomic mass is 79.9. The summed E-state index contributed by atoms with van der Waals surface area (Å²) in [7, 11) is 1.57. The van der Waals surface area contributed by atoms with Gasteiger partial charge in [0, 0.05) is 4.47 Å². The Balaban J connectivity index is 2.38. The van der Waals surface area contributed by atoms with Crippen LogP contribution in [0.2, 0.25) is 5.02 Å². The SMILES string of the molecule is COc1ccc(C(Br)c2cc(F)cc(Br)c2)cc1Cl. The van der Waals surface area contributed by atoms with Crippen molar-refractivity contribution >= 4 is 43.5 Å². The summed E-state index contributed by atoms with van der Waals surface area (Å²) >= 11 is 12.9. The number of rotatable bonds is 3. The minimum absolute atomic E-state index is 0.136. The molecule has 2 aromatic rings. The Morgan fingerprint density at radius 3 is 2.47 bits per heavy atom. The van der Waals surface area contributed by atoms with Crippen molar-refractivity contribution in [1.29, 1.82) is 0 Å². The Labute approximate surface area is 133 Å². The van der Waals surface area contributed by atoms with Crippen molar-refractivity contribution in [3.05, 3.63) is 62.8 Å². The van der Waals surface area contributed by atoms with E-state index in [1.165, 1.54) is 12.1 Å². The molecule has 2 rings (SSSR count). The Bertz CT molecular complexity index is 584. The fraction of sp³-hybridized carbons (Fsp3) is 0.143. The van der Waals surface area contributed by atoms with E-state index >= 15 is 0 Å². The van der Waals surface area contributed by atoms with Gasteiger partial charge in [-0.3, -0.25) is 0 Å². The quantitative estimate of drug-likeness (QED) is 0.589. The second-order valence-corrected chi connectivity index (χ2v) is 6.20. The van der Waals surface area contributed by atoms with Crippen LogP contribution in [0, 0.1) is 5.82 Å². The van der Waals surface area contributed by atoms with Crippen LogP contribution in [0.25, 0.3) is 0 Å². The zero-order valence-corrected chi connectivity index (χ0v) is 13.9. The average Bonchev–Trinajstić information content (AvgIpc) is 2.36. The summed E-state index contributed by atoms with van der Waals surface area (Å²) in [6, 6.07) is 10.3. The third-order valence-corrected chi connectivity index (χ3v) is 4.46. The monoisotopic (exact) mass is 406 g/mol. The Morgan fingerprint density at radius 1 is 1.16 bits per heavy atom. The van der Waals surface area contributed by atoms with Crippen LogP contribution in [0.5, 0.6) is 5.75 Å². The van der Waals surface area contributed by atoms with Gasteiger partial charge in [-0.15, -0.1) is 0 Å². The highest BCUT2D eigenvalue weighted by Gasteiger charge is 2.14. The summed E-state index contributed by atoms with van der Waals surface area (Å²) in [4.78, 5) is -0.136. The minimum Gasteiger partial charge on any atom is -0.495 e. The summed E-state index contributed by atoms with van der Waals surface area (Å²) in [5.74, 6) is 0.332. The number of halogens is 4. The summed E-state index contributed by atoms with van der Waals surface area (Å²) in [6.45, 7) is 0. The van der Waals surface area contributed by atoms with Crippen LogP contribution in [-0.4, -0.2) is 7.11 Å². The lowest BCUT2D eigenvalue weighted by atomic mass is 10.0. The lowest BCUT2D eigenvalue weighted by Gasteiger charge is -2.13. The molecule has 0 aromatic heterocycles. The fourth-order valence-electron chi connectivity index (χ4n) is 1.75. The normalized spacial score (nSPS) is 12.3. The van der Waals surface area contributed by atoms with Crippen molar-refractivity contribution in [3.8, 4) is 5.75 Å². The fourth-order valence-corrected chi connectivity index (χ4v) is 3.05. The first-order chi connectivity index (χ1) is 9.01. The molecule has 0 saturated heterocycles. The molecule has 0 fully saturated rings. The predicted molar refractivity (Wildman–Crippen MR) is 82.9 cm³/mol. The maximum absolute atomic E-state index is 13.4. The van der Waals surface area contributed by atoms with Gasteiger partial charge < -0.3 is 4.74 Å². The molecule has 2 aromatic carbocycles. The standard InChI is InChI=1S/C14H10Br2ClFO/c1-19-13-3-2-8(6-12(13)17)14(16)9-4-10(15)7-11(18)5-9/h2-7,14H,1H3. The molecule has 5 heteroatoms. The molecule has 0 aliphatic heterocycles. The molecule has 0 heterocycles. The number of hydrogen-bond acceptors (Lipinski definition) is 1. The zero-order chi connectivity index (χ0) is 14.0. The van der Waals surface area contributed by atoms with Crippen molar-refractivity contribution < 1.29 is 9.13 Å². The van der Waals surface area contributed by atoms with E-state index in [9.17, 15) is 4.39 Å². The molecular weight excluding hydrogens is 398 g/mol. The maximum atomic E-state index is 13.4. The highest BCUT2D eigenvalue weighted by Crippen LogP contribution is 2.36. The smallest absolute Gasteiger partial charge is 0.137 e. The number of benzene rings is 2. The largest absolute Gasteiger partial charge is 0.495 e. The summed E-state index contributed by atoms with van der Waals surface area (Å²) in [6.07, 6.45) is 0. The van der Waals surface area contributed by atoms with Gasteiger partial charge in [0.25, 0.3) is 0 Å². The summed E-state index contributed by atoms with van der Waals surface area (Å²) < 4.78 is 19.2. The first-order valence-electron chi connectivity index (χ1n) is 5.44. The van der Waals surface area contributed by atoms with Crippen LogP contribution in [0.3, 0.4) is 0 Å². The molecule has 0 aliphatic carbocycles. The molecule has 19 heavy (non-hydrogen) atoms. The Morgan fingerprint density at radius 2 is 1.89 bits per heavy atom. The van der Waals surface area contributed by atoms with E-state index in [-0.39, 0.29) is 10.6 Å². The molecule has 0 saturated carbocycles. The molecular formula is C14H10Br2ClFO. The Kier molecular flexibility index (Phi) is 4.87. The average molecular weight is 408 g/mol. The Hall–Kier alpha value is -0.580. The van der Waals surface area contributed by atoms with Crippen molar-refractivity contribution in [3.63, 3.8) is 0 Å². The van der Waals surface area contributed by atoms with Gasteiger partial charge in [0.2, 0.25) is 0 Å². The number of ether oxygens (including phenoxy) is 1. The van der Waals surface area contributed by atoms with E-state index < -0.39 is 0 Å². The van der Waals surface area contributed by atoms with Crippen LogP contribution < -0.4 is 4.74 Å². The number of hydrogen-bond donors (Lipinski definition) is 0. The van der Waals surface area contributed by atoms with E-state index in [4.69, 9.17) is 16.3 Å². The van der Waals surface area contributed by atoms with Gasteiger partial charge in [-0.1, -0.05) is 49.5 Å². The highest BCUT2D eigenvalue weighted by molar-refractivity contribution is 9.10. The van der Waals surface area contributed by atoms with Crippen molar-refractivity contribution in [1.82, 2.24) is 0 Å². The van der Waals surface area contributed by atoms with Crippen LogP contribution >= 0.6 is 43.5 Å². The van der Waals surface area contributed by atoms with Crippen molar-refractivity contribution in [2.24, 2.45) is 0 Å². The van der Waals surface area contributed by atoms with E-state index in [0.29, 0.717) is 15.2 Å². The van der Waals surface area contributed by atoms with Crippen LogP contribution in [0.1, 0.15) is 16.0 Å². The summed E-state index contributed by atoms with van der Waals surface area (Å²) in [5, 5.41) is 0.528. The van der Waals surface area contributed by atoms with Crippen LogP contribution in [0.4, 0.5) is 4.39 Å². The van der Waals surface area contributed by atoms with Gasteiger partial charge in [0.15, 0.2) is 0 Å². The minimum atomic E-state index is -0.284. The van der Waals surface area contributed by atoms with Gasteiger partial charge in [-0.05, 0) is 41.5 Å². The van der Waals surface area contributed by atoms with Crippen molar-refractivity contribution in [2.45, 2.75) is 4.83 Å². The van der Waals surface area contributed by atoms with Gasteiger partial charge in [-0.25, -0.2) is 4.39 Å². The molecule has 1 atom stereocenters. The molecule has 1 nitrogen and oxygen atoms in total. The lowest BCUT2D eigenvalue weighted by Crippen LogP contribution is -1.95. The van der Waals surface area contributed by atoms with Gasteiger partial charge >= 0.3 is 0 Å². The van der Waals surface area contributed by atoms with Crippen molar-refractivity contribution in [2.75, 3.05) is 7.11 Å². The van der Waals surface area contributed by atoms with E-state index in [1.807, 2.05) is 12.1 Å². The first kappa shape index (κ1) is 14.8. The zero-order valence-electron chi connectivity index (χ0n) is 9.96. The second-order valence-electron chi connectivity index (χ2n) is 3.96. The van der Waals surface area contributed by atoms with Gasteiger partial charge in [0.1, 0.15) is 11.6 Å². The first-order valence-corrected chi connectivity index (χ1v) is 7.53.